The maximum absolute atomic E-state index is 12.6. The molecule has 1 aliphatic rings. The predicted octanol–water partition coefficient (Wildman–Crippen LogP) is 2.34. The largest absolute Gasteiger partial charge is 0.335 e. The van der Waals surface area contributed by atoms with Gasteiger partial charge in [0.25, 0.3) is 5.91 Å². The van der Waals surface area contributed by atoms with Gasteiger partial charge in [-0.1, -0.05) is 31.5 Å². The minimum Gasteiger partial charge on any atom is -0.304 e. The van der Waals surface area contributed by atoms with E-state index in [9.17, 15) is 14.4 Å². The maximum atomic E-state index is 12.6. The Hall–Kier alpha value is -2.25. The molecule has 140 valence electrons. The fourth-order valence-corrected chi connectivity index (χ4v) is 2.87. The summed E-state index contributed by atoms with van der Waals surface area (Å²) in [6.45, 7) is 7.56. The third-order valence-corrected chi connectivity index (χ3v) is 4.41. The van der Waals surface area contributed by atoms with Crippen molar-refractivity contribution in [2.24, 2.45) is 10.9 Å². The number of aliphatic imine (C=N–C) groups is 1. The zero-order valence-corrected chi connectivity index (χ0v) is 15.7. The number of hydrogen-bond acceptors (Lipinski definition) is 5. The van der Waals surface area contributed by atoms with Crippen LogP contribution >= 0.6 is 11.6 Å². The van der Waals surface area contributed by atoms with E-state index in [4.69, 9.17) is 11.6 Å². The lowest BCUT2D eigenvalue weighted by molar-refractivity contribution is -0.131. The van der Waals surface area contributed by atoms with Gasteiger partial charge in [-0.05, 0) is 44.3 Å². The highest BCUT2D eigenvalue weighted by Crippen LogP contribution is 2.23. The molecule has 0 saturated carbocycles. The lowest BCUT2D eigenvalue weighted by Gasteiger charge is -2.28. The van der Waals surface area contributed by atoms with E-state index in [1.54, 1.807) is 18.2 Å². The minimum absolute atomic E-state index is 0.312. The van der Waals surface area contributed by atoms with Crippen LogP contribution in [0.3, 0.4) is 0 Å². The molecular weight excluding hydrogens is 356 g/mol. The minimum atomic E-state index is -1.12. The Labute approximate surface area is 158 Å². The molecule has 26 heavy (non-hydrogen) atoms. The molecule has 1 heterocycles. The average Bonchev–Trinajstić information content (AvgIpc) is 2.60. The molecule has 4 amide bonds. The summed E-state index contributed by atoms with van der Waals surface area (Å²) >= 11 is 5.93. The Bertz CT molecular complexity index is 703. The Balaban J connectivity index is 2.04. The van der Waals surface area contributed by atoms with Gasteiger partial charge in [-0.25, -0.2) is 9.69 Å². The first-order chi connectivity index (χ1) is 12.5. The van der Waals surface area contributed by atoms with Gasteiger partial charge < -0.3 is 4.90 Å². The lowest BCUT2D eigenvalue weighted by Crippen LogP contribution is -2.58. The summed E-state index contributed by atoms with van der Waals surface area (Å²) < 4.78 is 0. The Morgan fingerprint density at radius 2 is 2.00 bits per heavy atom. The number of rotatable bonds is 8. The number of barbiturate groups is 1. The first-order valence-electron chi connectivity index (χ1n) is 8.64. The third-order valence-electron chi connectivity index (χ3n) is 4.18. The van der Waals surface area contributed by atoms with Crippen molar-refractivity contribution in [3.8, 4) is 0 Å². The van der Waals surface area contributed by atoms with E-state index in [0.717, 1.165) is 31.0 Å². The summed E-state index contributed by atoms with van der Waals surface area (Å²) in [5.41, 5.74) is 0.312. The number of nitrogens with one attached hydrogen (secondary N) is 1. The van der Waals surface area contributed by atoms with Gasteiger partial charge in [0.15, 0.2) is 5.92 Å². The highest BCUT2D eigenvalue weighted by Gasteiger charge is 2.40. The normalized spacial score (nSPS) is 18.1. The Morgan fingerprint density at radius 3 is 2.65 bits per heavy atom. The molecule has 0 radical (unpaired) electrons. The van der Waals surface area contributed by atoms with E-state index >= 15 is 0 Å². The second-order valence-corrected chi connectivity index (χ2v) is 6.30. The number of benzene rings is 1. The van der Waals surface area contributed by atoms with Gasteiger partial charge in [0.05, 0.1) is 5.69 Å². The fourth-order valence-electron chi connectivity index (χ4n) is 2.69. The van der Waals surface area contributed by atoms with Gasteiger partial charge in [-0.3, -0.25) is 19.9 Å². The van der Waals surface area contributed by atoms with Crippen molar-refractivity contribution >= 4 is 41.3 Å². The van der Waals surface area contributed by atoms with Crippen molar-refractivity contribution in [3.63, 3.8) is 0 Å². The van der Waals surface area contributed by atoms with Crippen LogP contribution in [0.1, 0.15) is 20.3 Å². The van der Waals surface area contributed by atoms with E-state index < -0.39 is 23.8 Å². The highest BCUT2D eigenvalue weighted by atomic mass is 35.5. The summed E-state index contributed by atoms with van der Waals surface area (Å²) in [5, 5.41) is 2.58. The van der Waals surface area contributed by atoms with E-state index in [-0.39, 0.29) is 0 Å². The number of halogens is 1. The molecule has 1 unspecified atom stereocenters. The molecule has 0 spiro atoms. The molecular formula is C18H23ClN4O3. The van der Waals surface area contributed by atoms with Gasteiger partial charge >= 0.3 is 6.03 Å². The van der Waals surface area contributed by atoms with Crippen LogP contribution in [-0.4, -0.2) is 55.1 Å². The van der Waals surface area contributed by atoms with Crippen LogP contribution in [0, 0.1) is 5.92 Å². The molecule has 2 rings (SSSR count). The summed E-state index contributed by atoms with van der Waals surface area (Å²) in [6, 6.07) is 5.56. The number of amides is 4. The lowest BCUT2D eigenvalue weighted by atomic mass is 10.1. The van der Waals surface area contributed by atoms with Crippen molar-refractivity contribution in [1.29, 1.82) is 0 Å². The van der Waals surface area contributed by atoms with E-state index in [1.807, 2.05) is 0 Å². The van der Waals surface area contributed by atoms with E-state index in [2.05, 4.69) is 29.1 Å². The van der Waals surface area contributed by atoms with Crippen molar-refractivity contribution in [2.45, 2.75) is 20.3 Å². The second kappa shape index (κ2) is 9.45. The fraction of sp³-hybridized carbons (Fsp3) is 0.444. The van der Waals surface area contributed by atoms with Crippen LogP contribution in [-0.2, 0) is 9.59 Å². The zero-order chi connectivity index (χ0) is 19.1. The van der Waals surface area contributed by atoms with Crippen molar-refractivity contribution in [2.75, 3.05) is 31.1 Å². The number of hydrogen-bond donors (Lipinski definition) is 1. The number of carbonyl (C=O) groups excluding carboxylic acids is 3. The maximum Gasteiger partial charge on any atom is 0.335 e. The van der Waals surface area contributed by atoms with Gasteiger partial charge in [0.2, 0.25) is 5.91 Å². The highest BCUT2D eigenvalue weighted by molar-refractivity contribution is 6.34. The molecule has 8 heteroatoms. The SMILES string of the molecule is CCN(CC)CCCN=CC1C(=O)NC(=O)N(c2cccc(Cl)c2)C1=O. The smallest absolute Gasteiger partial charge is 0.304 e. The molecule has 1 fully saturated rings. The molecule has 0 bridgehead atoms. The molecule has 1 saturated heterocycles. The predicted molar refractivity (Wildman–Crippen MR) is 102 cm³/mol. The average molecular weight is 379 g/mol. The number of anilines is 1. The molecule has 1 N–H and O–H groups in total. The Kier molecular flexibility index (Phi) is 7.29. The third kappa shape index (κ3) is 4.89. The van der Waals surface area contributed by atoms with Crippen LogP contribution in [0.5, 0.6) is 0 Å². The molecule has 0 aromatic heterocycles. The standard InChI is InChI=1S/C18H23ClN4O3/c1-3-22(4-2)10-6-9-20-12-15-16(24)21-18(26)23(17(15)25)14-8-5-7-13(19)11-14/h5,7-8,11-12,15H,3-4,6,9-10H2,1-2H3,(H,21,24,26). The van der Waals surface area contributed by atoms with Gasteiger partial charge in [-0.2, -0.15) is 0 Å². The molecule has 7 nitrogen and oxygen atoms in total. The van der Waals surface area contributed by atoms with Crippen molar-refractivity contribution < 1.29 is 14.4 Å². The first-order valence-corrected chi connectivity index (χ1v) is 9.02. The summed E-state index contributed by atoms with van der Waals surface area (Å²) in [4.78, 5) is 44.1. The number of carbonyl (C=O) groups is 3. The first kappa shape index (κ1) is 20.1. The molecule has 1 aromatic rings. The molecule has 1 aromatic carbocycles. The van der Waals surface area contributed by atoms with E-state index in [0.29, 0.717) is 17.3 Å². The van der Waals surface area contributed by atoms with Crippen LogP contribution in [0.4, 0.5) is 10.5 Å². The Morgan fingerprint density at radius 1 is 1.27 bits per heavy atom. The molecule has 0 aliphatic carbocycles. The number of urea groups is 1. The monoisotopic (exact) mass is 378 g/mol. The second-order valence-electron chi connectivity index (χ2n) is 5.86. The molecule has 1 aliphatic heterocycles. The van der Waals surface area contributed by atoms with Crippen LogP contribution in [0.2, 0.25) is 5.02 Å². The van der Waals surface area contributed by atoms with Gasteiger partial charge in [0, 0.05) is 17.8 Å². The summed E-state index contributed by atoms with van der Waals surface area (Å²) in [6.07, 6.45) is 2.15. The van der Waals surface area contributed by atoms with Crippen LogP contribution in [0.25, 0.3) is 0 Å². The summed E-state index contributed by atoms with van der Waals surface area (Å²) in [7, 11) is 0. The van der Waals surface area contributed by atoms with Crippen LogP contribution < -0.4 is 10.2 Å². The number of nitrogens with zero attached hydrogens (tertiary/aromatic N) is 3. The summed E-state index contributed by atoms with van der Waals surface area (Å²) in [5.74, 6) is -2.42. The van der Waals surface area contributed by atoms with Gasteiger partial charge in [-0.15, -0.1) is 0 Å². The molecule has 1 atom stereocenters. The van der Waals surface area contributed by atoms with E-state index in [1.165, 1.54) is 12.3 Å². The van der Waals surface area contributed by atoms with Crippen LogP contribution in [0.15, 0.2) is 29.3 Å². The topological polar surface area (TPSA) is 82.1 Å². The number of imide groups is 2. The zero-order valence-electron chi connectivity index (χ0n) is 14.9. The van der Waals surface area contributed by atoms with Crippen molar-refractivity contribution in [1.82, 2.24) is 10.2 Å². The quantitative estimate of drug-likeness (QED) is 0.427. The van der Waals surface area contributed by atoms with Gasteiger partial charge in [0.1, 0.15) is 0 Å². The van der Waals surface area contributed by atoms with Crippen molar-refractivity contribution in [3.05, 3.63) is 29.3 Å².